The Morgan fingerprint density at radius 2 is 1.82 bits per heavy atom. The van der Waals surface area contributed by atoms with Gasteiger partial charge < -0.3 is 15.2 Å². The SMILES string of the molecule is CCCOc1cc(C)c(C(O)C(C)N2CCNCC2)c(C)c1. The van der Waals surface area contributed by atoms with Crippen LogP contribution in [0.2, 0.25) is 0 Å². The molecule has 2 rings (SSSR count). The normalized spacial score (nSPS) is 19.0. The van der Waals surface area contributed by atoms with Crippen molar-refractivity contribution in [2.45, 2.75) is 46.3 Å². The second-order valence-electron chi connectivity index (χ2n) is 6.29. The average Bonchev–Trinajstić information content (AvgIpc) is 2.52. The van der Waals surface area contributed by atoms with Crippen LogP contribution in [-0.4, -0.2) is 48.8 Å². The Balaban J connectivity index is 2.15. The van der Waals surface area contributed by atoms with E-state index in [1.807, 2.05) is 12.1 Å². The molecule has 1 aromatic rings. The Morgan fingerprint density at radius 3 is 2.36 bits per heavy atom. The summed E-state index contributed by atoms with van der Waals surface area (Å²) in [5, 5.41) is 14.2. The molecule has 1 saturated heterocycles. The Morgan fingerprint density at radius 1 is 1.23 bits per heavy atom. The van der Waals surface area contributed by atoms with Gasteiger partial charge in [0.15, 0.2) is 0 Å². The van der Waals surface area contributed by atoms with Crippen LogP contribution in [0, 0.1) is 13.8 Å². The quantitative estimate of drug-likeness (QED) is 0.847. The van der Waals surface area contributed by atoms with E-state index in [4.69, 9.17) is 4.74 Å². The van der Waals surface area contributed by atoms with Crippen molar-refractivity contribution in [1.29, 1.82) is 0 Å². The fourth-order valence-corrected chi connectivity index (χ4v) is 3.24. The van der Waals surface area contributed by atoms with Gasteiger partial charge in [0.25, 0.3) is 0 Å². The maximum Gasteiger partial charge on any atom is 0.119 e. The minimum Gasteiger partial charge on any atom is -0.494 e. The summed E-state index contributed by atoms with van der Waals surface area (Å²) in [7, 11) is 0. The summed E-state index contributed by atoms with van der Waals surface area (Å²) >= 11 is 0. The van der Waals surface area contributed by atoms with Gasteiger partial charge in [0.05, 0.1) is 12.7 Å². The molecule has 1 aliphatic heterocycles. The van der Waals surface area contributed by atoms with Crippen molar-refractivity contribution < 1.29 is 9.84 Å². The van der Waals surface area contributed by atoms with E-state index < -0.39 is 6.10 Å². The van der Waals surface area contributed by atoms with E-state index in [9.17, 15) is 5.11 Å². The number of aliphatic hydroxyl groups is 1. The average molecular weight is 306 g/mol. The topological polar surface area (TPSA) is 44.7 Å². The molecule has 0 amide bonds. The zero-order chi connectivity index (χ0) is 16.1. The van der Waals surface area contributed by atoms with Crippen LogP contribution in [0.1, 0.15) is 43.1 Å². The highest BCUT2D eigenvalue weighted by molar-refractivity contribution is 5.42. The zero-order valence-corrected chi connectivity index (χ0v) is 14.4. The van der Waals surface area contributed by atoms with Gasteiger partial charge in [0, 0.05) is 32.2 Å². The molecule has 2 atom stereocenters. The van der Waals surface area contributed by atoms with Crippen molar-refractivity contribution in [3.8, 4) is 5.75 Å². The lowest BCUT2D eigenvalue weighted by atomic mass is 9.93. The Labute approximate surface area is 134 Å². The molecule has 0 bridgehead atoms. The highest BCUT2D eigenvalue weighted by Crippen LogP contribution is 2.30. The molecule has 1 aliphatic rings. The number of rotatable bonds is 6. The minimum atomic E-state index is -0.460. The number of nitrogens with one attached hydrogen (secondary N) is 1. The van der Waals surface area contributed by atoms with Gasteiger partial charge in [-0.1, -0.05) is 6.92 Å². The summed E-state index contributed by atoms with van der Waals surface area (Å²) in [6.45, 7) is 13.1. The Kier molecular flexibility index (Phi) is 6.24. The Bertz CT molecular complexity index is 461. The molecular formula is C18H30N2O2. The van der Waals surface area contributed by atoms with E-state index in [2.05, 4.69) is 37.9 Å². The van der Waals surface area contributed by atoms with Gasteiger partial charge in [0.2, 0.25) is 0 Å². The van der Waals surface area contributed by atoms with Crippen LogP contribution in [0.4, 0.5) is 0 Å². The summed E-state index contributed by atoms with van der Waals surface area (Å²) in [6.07, 6.45) is 0.543. The Hall–Kier alpha value is -1.10. The molecule has 0 spiro atoms. The predicted molar refractivity (Wildman–Crippen MR) is 90.6 cm³/mol. The van der Waals surface area contributed by atoms with E-state index in [1.165, 1.54) is 0 Å². The van der Waals surface area contributed by atoms with Crippen molar-refractivity contribution in [2.75, 3.05) is 32.8 Å². The second-order valence-corrected chi connectivity index (χ2v) is 6.29. The second kappa shape index (κ2) is 7.95. The van der Waals surface area contributed by atoms with Crippen molar-refractivity contribution in [2.24, 2.45) is 0 Å². The fourth-order valence-electron chi connectivity index (χ4n) is 3.24. The van der Waals surface area contributed by atoms with E-state index in [1.54, 1.807) is 0 Å². The molecule has 1 aromatic carbocycles. The van der Waals surface area contributed by atoms with Crippen LogP contribution in [0.25, 0.3) is 0 Å². The van der Waals surface area contributed by atoms with Crippen LogP contribution in [-0.2, 0) is 0 Å². The number of aryl methyl sites for hydroxylation is 2. The molecule has 22 heavy (non-hydrogen) atoms. The minimum absolute atomic E-state index is 0.127. The molecule has 124 valence electrons. The van der Waals surface area contributed by atoms with Crippen LogP contribution >= 0.6 is 0 Å². The van der Waals surface area contributed by atoms with E-state index in [0.29, 0.717) is 0 Å². The number of ether oxygens (including phenoxy) is 1. The van der Waals surface area contributed by atoms with Gasteiger partial charge in [-0.15, -0.1) is 0 Å². The molecule has 4 nitrogen and oxygen atoms in total. The summed E-state index contributed by atoms with van der Waals surface area (Å²) in [6, 6.07) is 4.22. The maximum atomic E-state index is 10.9. The van der Waals surface area contributed by atoms with Crippen molar-refractivity contribution in [3.05, 3.63) is 28.8 Å². The standard InChI is InChI=1S/C18H30N2O2/c1-5-10-22-16-11-13(2)17(14(3)12-16)18(21)15(4)20-8-6-19-7-9-20/h11-12,15,18-19,21H,5-10H2,1-4H3. The van der Waals surface area contributed by atoms with Crippen LogP contribution < -0.4 is 10.1 Å². The fraction of sp³-hybridized carbons (Fsp3) is 0.667. The number of hydrogen-bond acceptors (Lipinski definition) is 4. The molecule has 4 heteroatoms. The molecule has 1 heterocycles. The number of aliphatic hydroxyl groups excluding tert-OH is 1. The maximum absolute atomic E-state index is 10.9. The molecule has 1 fully saturated rings. The molecule has 0 radical (unpaired) electrons. The smallest absolute Gasteiger partial charge is 0.119 e. The number of hydrogen-bond donors (Lipinski definition) is 2. The first-order valence-corrected chi connectivity index (χ1v) is 8.41. The van der Waals surface area contributed by atoms with E-state index >= 15 is 0 Å². The van der Waals surface area contributed by atoms with Gasteiger partial charge in [-0.05, 0) is 56.0 Å². The van der Waals surface area contributed by atoms with Crippen molar-refractivity contribution in [3.63, 3.8) is 0 Å². The molecule has 0 aromatic heterocycles. The van der Waals surface area contributed by atoms with Gasteiger partial charge >= 0.3 is 0 Å². The van der Waals surface area contributed by atoms with Gasteiger partial charge in [-0.25, -0.2) is 0 Å². The summed E-state index contributed by atoms with van der Waals surface area (Å²) < 4.78 is 5.73. The number of piperazine rings is 1. The third-order valence-electron chi connectivity index (χ3n) is 4.52. The third-order valence-corrected chi connectivity index (χ3v) is 4.52. The van der Waals surface area contributed by atoms with Crippen LogP contribution in [0.15, 0.2) is 12.1 Å². The highest BCUT2D eigenvalue weighted by atomic mass is 16.5. The third kappa shape index (κ3) is 4.00. The molecule has 0 aliphatic carbocycles. The van der Waals surface area contributed by atoms with Crippen LogP contribution in [0.5, 0.6) is 5.75 Å². The monoisotopic (exact) mass is 306 g/mol. The lowest BCUT2D eigenvalue weighted by Gasteiger charge is -2.36. The molecule has 2 unspecified atom stereocenters. The number of nitrogens with zero attached hydrogens (tertiary/aromatic N) is 1. The first-order valence-electron chi connectivity index (χ1n) is 8.41. The van der Waals surface area contributed by atoms with E-state index in [-0.39, 0.29) is 6.04 Å². The molecule has 2 N–H and O–H groups in total. The first kappa shape index (κ1) is 17.3. The lowest BCUT2D eigenvalue weighted by molar-refractivity contribution is 0.0502. The zero-order valence-electron chi connectivity index (χ0n) is 14.4. The van der Waals surface area contributed by atoms with Crippen molar-refractivity contribution >= 4 is 0 Å². The molecular weight excluding hydrogens is 276 g/mol. The van der Waals surface area contributed by atoms with E-state index in [0.717, 1.165) is 61.6 Å². The van der Waals surface area contributed by atoms with Crippen molar-refractivity contribution in [1.82, 2.24) is 10.2 Å². The first-order chi connectivity index (χ1) is 10.5. The number of benzene rings is 1. The summed E-state index contributed by atoms with van der Waals surface area (Å²) in [5.74, 6) is 0.905. The summed E-state index contributed by atoms with van der Waals surface area (Å²) in [5.41, 5.74) is 3.27. The predicted octanol–water partition coefficient (Wildman–Crippen LogP) is 2.42. The highest BCUT2D eigenvalue weighted by Gasteiger charge is 2.26. The van der Waals surface area contributed by atoms with Gasteiger partial charge in [-0.3, -0.25) is 4.90 Å². The molecule has 0 saturated carbocycles. The summed E-state index contributed by atoms with van der Waals surface area (Å²) in [4.78, 5) is 2.36. The van der Waals surface area contributed by atoms with Gasteiger partial charge in [0.1, 0.15) is 5.75 Å². The lowest BCUT2D eigenvalue weighted by Crippen LogP contribution is -2.49. The van der Waals surface area contributed by atoms with Gasteiger partial charge in [-0.2, -0.15) is 0 Å². The largest absolute Gasteiger partial charge is 0.494 e. The van der Waals surface area contributed by atoms with Crippen LogP contribution in [0.3, 0.4) is 0 Å².